The van der Waals surface area contributed by atoms with Crippen LogP contribution in [0.1, 0.15) is 16.0 Å². The Morgan fingerprint density at radius 2 is 1.75 bits per heavy atom. The summed E-state index contributed by atoms with van der Waals surface area (Å²) in [7, 11) is 1.63. The van der Waals surface area contributed by atoms with Crippen molar-refractivity contribution in [2.45, 2.75) is 4.83 Å². The van der Waals surface area contributed by atoms with Crippen LogP contribution in [0.5, 0.6) is 5.75 Å². The number of methoxy groups -OCH3 is 1. The van der Waals surface area contributed by atoms with E-state index in [1.807, 2.05) is 24.3 Å². The van der Waals surface area contributed by atoms with Crippen molar-refractivity contribution in [1.29, 1.82) is 0 Å². The Morgan fingerprint density at radius 3 is 2.35 bits per heavy atom. The molecule has 1 atom stereocenters. The summed E-state index contributed by atoms with van der Waals surface area (Å²) in [4.78, 5) is -0.118. The van der Waals surface area contributed by atoms with E-state index in [0.29, 0.717) is 10.0 Å². The van der Waals surface area contributed by atoms with Crippen LogP contribution < -0.4 is 4.74 Å². The molecule has 106 valence electrons. The van der Waals surface area contributed by atoms with Crippen molar-refractivity contribution in [3.05, 3.63) is 60.4 Å². The molecule has 0 aliphatic carbocycles. The van der Waals surface area contributed by atoms with Crippen molar-refractivity contribution >= 4 is 71.0 Å². The first-order chi connectivity index (χ1) is 9.43. The maximum absolute atomic E-state index is 6.30. The number of halogens is 5. The summed E-state index contributed by atoms with van der Waals surface area (Å²) in [6.45, 7) is 0. The topological polar surface area (TPSA) is 9.23 Å². The molecule has 1 unspecified atom stereocenters. The largest absolute Gasteiger partial charge is 0.495 e. The minimum atomic E-state index is -0.118. The van der Waals surface area contributed by atoms with Crippen LogP contribution >= 0.6 is 71.0 Å². The fourth-order valence-corrected chi connectivity index (χ4v) is 4.51. The lowest BCUT2D eigenvalue weighted by Gasteiger charge is -2.17. The van der Waals surface area contributed by atoms with Gasteiger partial charge in [0.05, 0.1) is 16.4 Å². The molecular weight excluding hydrogens is 495 g/mol. The van der Waals surface area contributed by atoms with E-state index in [0.717, 1.165) is 25.8 Å². The quantitative estimate of drug-likeness (QED) is 0.409. The van der Waals surface area contributed by atoms with Gasteiger partial charge in [-0.15, -0.1) is 0 Å². The van der Waals surface area contributed by atoms with Gasteiger partial charge in [0.15, 0.2) is 0 Å². The van der Waals surface area contributed by atoms with Crippen LogP contribution in [0.3, 0.4) is 0 Å². The zero-order valence-electron chi connectivity index (χ0n) is 10.3. The predicted molar refractivity (Wildman–Crippen MR) is 95.6 cm³/mol. The summed E-state index contributed by atoms with van der Waals surface area (Å²) in [5, 5.41) is 1.30. The summed E-state index contributed by atoms with van der Waals surface area (Å²) in [6, 6.07) is 9.43. The highest BCUT2D eigenvalue weighted by molar-refractivity contribution is 9.11. The molecule has 2 rings (SSSR count). The molecule has 0 aliphatic heterocycles. The molecular formula is C14H9Br3Cl2O. The molecule has 2 aromatic rings. The fourth-order valence-electron chi connectivity index (χ4n) is 1.86. The first-order valence-corrected chi connectivity index (χ1v) is 8.81. The van der Waals surface area contributed by atoms with Crippen LogP contribution in [0.15, 0.2) is 39.3 Å². The molecule has 0 amide bonds. The molecule has 6 heteroatoms. The normalized spacial score (nSPS) is 12.3. The van der Waals surface area contributed by atoms with E-state index in [1.165, 1.54) is 0 Å². The van der Waals surface area contributed by atoms with Crippen molar-refractivity contribution in [2.75, 3.05) is 7.11 Å². The van der Waals surface area contributed by atoms with Crippen LogP contribution in [0.4, 0.5) is 0 Å². The van der Waals surface area contributed by atoms with Gasteiger partial charge in [0, 0.05) is 20.1 Å². The second-order valence-electron chi connectivity index (χ2n) is 4.04. The lowest BCUT2D eigenvalue weighted by atomic mass is 10.0. The van der Waals surface area contributed by atoms with Gasteiger partial charge in [-0.05, 0) is 45.8 Å². The molecule has 0 aromatic heterocycles. The second kappa shape index (κ2) is 7.01. The highest BCUT2D eigenvalue weighted by Gasteiger charge is 2.20. The van der Waals surface area contributed by atoms with Crippen LogP contribution in [-0.4, -0.2) is 7.11 Å². The molecule has 0 N–H and O–H groups in total. The number of alkyl halides is 1. The maximum Gasteiger partial charge on any atom is 0.137 e. The molecule has 0 saturated carbocycles. The van der Waals surface area contributed by atoms with E-state index < -0.39 is 0 Å². The van der Waals surface area contributed by atoms with Gasteiger partial charge in [0.25, 0.3) is 0 Å². The Balaban J connectivity index is 2.55. The Hall–Kier alpha value is 0.260. The van der Waals surface area contributed by atoms with E-state index in [2.05, 4.69) is 47.8 Å². The van der Waals surface area contributed by atoms with Crippen molar-refractivity contribution in [2.24, 2.45) is 0 Å². The summed E-state index contributed by atoms with van der Waals surface area (Å²) in [5.41, 5.74) is 1.86. The summed E-state index contributed by atoms with van der Waals surface area (Å²) in [5.74, 6) is 0.732. The molecule has 0 aliphatic rings. The summed E-state index contributed by atoms with van der Waals surface area (Å²) >= 11 is 23.0. The van der Waals surface area contributed by atoms with Crippen molar-refractivity contribution in [3.8, 4) is 5.75 Å². The Bertz CT molecular complexity index is 647. The molecule has 1 nitrogen and oxygen atoms in total. The highest BCUT2D eigenvalue weighted by Crippen LogP contribution is 2.44. The standard InChI is InChI=1S/C14H9Br3Cl2O/c1-20-14-10(5-8(18)6-11(14)16)13(17)9-3-2-7(15)4-12(9)19/h2-6,13H,1H3. The lowest BCUT2D eigenvalue weighted by molar-refractivity contribution is 0.408. The van der Waals surface area contributed by atoms with Gasteiger partial charge in [-0.2, -0.15) is 0 Å². The molecule has 0 radical (unpaired) electrons. The van der Waals surface area contributed by atoms with E-state index in [-0.39, 0.29) is 4.83 Å². The number of hydrogen-bond acceptors (Lipinski definition) is 1. The molecule has 0 saturated heterocycles. The van der Waals surface area contributed by atoms with Crippen molar-refractivity contribution in [1.82, 2.24) is 0 Å². The third-order valence-corrected chi connectivity index (χ3v) is 5.36. The summed E-state index contributed by atoms with van der Waals surface area (Å²) < 4.78 is 7.19. The SMILES string of the molecule is COc1c(Br)cc(Cl)cc1C(Br)c1ccc(Br)cc1Cl. The summed E-state index contributed by atoms with van der Waals surface area (Å²) in [6.07, 6.45) is 0. The smallest absolute Gasteiger partial charge is 0.137 e. The first-order valence-electron chi connectivity index (χ1n) is 5.56. The van der Waals surface area contributed by atoms with Gasteiger partial charge in [-0.1, -0.05) is 61.1 Å². The van der Waals surface area contributed by atoms with Crippen molar-refractivity contribution in [3.63, 3.8) is 0 Å². The predicted octanol–water partition coefficient (Wildman–Crippen LogP) is 7.01. The Morgan fingerprint density at radius 1 is 1.05 bits per heavy atom. The number of rotatable bonds is 3. The van der Waals surface area contributed by atoms with E-state index in [9.17, 15) is 0 Å². The van der Waals surface area contributed by atoms with Gasteiger partial charge >= 0.3 is 0 Å². The molecule has 0 heterocycles. The fraction of sp³-hybridized carbons (Fsp3) is 0.143. The molecule has 0 fully saturated rings. The highest BCUT2D eigenvalue weighted by atomic mass is 79.9. The van der Waals surface area contributed by atoms with Crippen molar-refractivity contribution < 1.29 is 4.74 Å². The monoisotopic (exact) mass is 500 g/mol. The number of hydrogen-bond donors (Lipinski definition) is 0. The third kappa shape index (κ3) is 3.53. The van der Waals surface area contributed by atoms with E-state index in [4.69, 9.17) is 27.9 Å². The zero-order valence-corrected chi connectivity index (χ0v) is 16.5. The van der Waals surface area contributed by atoms with Crippen LogP contribution in [0.25, 0.3) is 0 Å². The average Bonchev–Trinajstić information content (AvgIpc) is 2.37. The van der Waals surface area contributed by atoms with E-state index in [1.54, 1.807) is 13.2 Å². The molecule has 20 heavy (non-hydrogen) atoms. The third-order valence-electron chi connectivity index (χ3n) is 2.75. The Kier molecular flexibility index (Phi) is 5.83. The van der Waals surface area contributed by atoms with Gasteiger partial charge in [0.2, 0.25) is 0 Å². The number of benzene rings is 2. The lowest BCUT2D eigenvalue weighted by Crippen LogP contribution is -1.99. The van der Waals surface area contributed by atoms with Gasteiger partial charge in [0.1, 0.15) is 5.75 Å². The number of ether oxygens (including phenoxy) is 1. The van der Waals surface area contributed by atoms with Gasteiger partial charge in [-0.3, -0.25) is 0 Å². The maximum atomic E-state index is 6.30. The minimum Gasteiger partial charge on any atom is -0.495 e. The minimum absolute atomic E-state index is 0.118. The molecule has 0 bridgehead atoms. The molecule has 0 spiro atoms. The average molecular weight is 504 g/mol. The first kappa shape index (κ1) is 16.6. The van der Waals surface area contributed by atoms with Crippen LogP contribution in [0, 0.1) is 0 Å². The van der Waals surface area contributed by atoms with Crippen LogP contribution in [-0.2, 0) is 0 Å². The van der Waals surface area contributed by atoms with E-state index >= 15 is 0 Å². The Labute approximate surface area is 153 Å². The van der Waals surface area contributed by atoms with Gasteiger partial charge < -0.3 is 4.74 Å². The zero-order chi connectivity index (χ0) is 14.9. The van der Waals surface area contributed by atoms with Gasteiger partial charge in [-0.25, -0.2) is 0 Å². The molecule has 2 aromatic carbocycles. The second-order valence-corrected chi connectivity index (χ2v) is 7.57. The van der Waals surface area contributed by atoms with Crippen LogP contribution in [0.2, 0.25) is 10.0 Å².